The van der Waals surface area contributed by atoms with Gasteiger partial charge in [0.1, 0.15) is 11.3 Å². The number of benzene rings is 1. The molecule has 0 aliphatic carbocycles. The van der Waals surface area contributed by atoms with Gasteiger partial charge in [-0.25, -0.2) is 0 Å². The summed E-state index contributed by atoms with van der Waals surface area (Å²) in [7, 11) is 0. The minimum atomic E-state index is -0.504. The van der Waals surface area contributed by atoms with Gasteiger partial charge in [0.25, 0.3) is 5.56 Å². The highest BCUT2D eigenvalue weighted by atomic mass is 16.3. The van der Waals surface area contributed by atoms with Crippen LogP contribution in [0.5, 0.6) is 5.75 Å². The maximum Gasteiger partial charge on any atom is 0.265 e. The molecule has 2 rings (SSSR count). The average Bonchev–Trinajstić information content (AvgIpc) is 2.35. The number of pyridine rings is 1. The molecule has 1 heterocycles. The highest BCUT2D eigenvalue weighted by Crippen LogP contribution is 2.24. The van der Waals surface area contributed by atoms with Crippen LogP contribution in [0, 0.1) is 0 Å². The molecule has 0 radical (unpaired) electrons. The number of carbonyl (C=O) groups excluding carboxylic acids is 1. The van der Waals surface area contributed by atoms with Crippen molar-refractivity contribution in [3.63, 3.8) is 0 Å². The van der Waals surface area contributed by atoms with Gasteiger partial charge in [-0.2, -0.15) is 0 Å². The Kier molecular flexibility index (Phi) is 2.78. The van der Waals surface area contributed by atoms with Gasteiger partial charge in [0.2, 0.25) is 0 Å². The molecule has 4 nitrogen and oxygen atoms in total. The number of aldehydes is 1. The molecule has 86 valence electrons. The topological polar surface area (TPSA) is 59.3 Å². The molecule has 1 aromatic carbocycles. The Morgan fingerprint density at radius 1 is 1.35 bits per heavy atom. The lowest BCUT2D eigenvalue weighted by molar-refractivity contribution is 0.111. The molecule has 0 saturated carbocycles. The van der Waals surface area contributed by atoms with Crippen molar-refractivity contribution in [3.05, 3.63) is 52.8 Å². The van der Waals surface area contributed by atoms with Crippen molar-refractivity contribution in [3.8, 4) is 5.75 Å². The average molecular weight is 229 g/mol. The van der Waals surface area contributed by atoms with Gasteiger partial charge in [-0.15, -0.1) is 6.58 Å². The van der Waals surface area contributed by atoms with Crippen LogP contribution in [0.1, 0.15) is 10.4 Å². The van der Waals surface area contributed by atoms with Crippen molar-refractivity contribution in [2.75, 3.05) is 0 Å². The number of fused-ring (bicyclic) bond motifs is 1. The first-order valence-corrected chi connectivity index (χ1v) is 5.11. The first kappa shape index (κ1) is 11.1. The molecule has 2 aromatic rings. The lowest BCUT2D eigenvalue weighted by Gasteiger charge is -2.10. The predicted octanol–water partition coefficient (Wildman–Crippen LogP) is 1.71. The predicted molar refractivity (Wildman–Crippen MR) is 65.5 cm³/mol. The molecule has 1 N–H and O–H groups in total. The first-order chi connectivity index (χ1) is 8.20. The highest BCUT2D eigenvalue weighted by molar-refractivity contribution is 5.93. The molecule has 0 aliphatic heterocycles. The van der Waals surface area contributed by atoms with E-state index >= 15 is 0 Å². The first-order valence-electron chi connectivity index (χ1n) is 5.11. The van der Waals surface area contributed by atoms with Crippen LogP contribution in [0.15, 0.2) is 41.7 Å². The molecule has 0 saturated heterocycles. The van der Waals surface area contributed by atoms with Crippen LogP contribution in [0.3, 0.4) is 0 Å². The van der Waals surface area contributed by atoms with E-state index in [4.69, 9.17) is 0 Å². The van der Waals surface area contributed by atoms with Gasteiger partial charge in [-0.1, -0.05) is 18.2 Å². The Balaban J connectivity index is 3.00. The SMILES string of the molecule is C=CCn1c(=O)c(C=O)c(O)c2ccccc21. The number of hydrogen-bond donors (Lipinski definition) is 1. The van der Waals surface area contributed by atoms with Gasteiger partial charge in [0.05, 0.1) is 5.52 Å². The fraction of sp³-hybridized carbons (Fsp3) is 0.0769. The molecule has 17 heavy (non-hydrogen) atoms. The van der Waals surface area contributed by atoms with Crippen LogP contribution in [0.25, 0.3) is 10.9 Å². The van der Waals surface area contributed by atoms with E-state index in [1.807, 2.05) is 0 Å². The van der Waals surface area contributed by atoms with E-state index in [9.17, 15) is 14.7 Å². The third-order valence-electron chi connectivity index (χ3n) is 2.61. The second kappa shape index (κ2) is 4.25. The number of aromatic hydroxyl groups is 1. The number of nitrogens with zero attached hydrogens (tertiary/aromatic N) is 1. The summed E-state index contributed by atoms with van der Waals surface area (Å²) in [6, 6.07) is 6.88. The Bertz CT molecular complexity index is 655. The zero-order chi connectivity index (χ0) is 12.4. The number of rotatable bonds is 3. The van der Waals surface area contributed by atoms with Crippen LogP contribution in [0.4, 0.5) is 0 Å². The molecule has 0 fully saturated rings. The zero-order valence-electron chi connectivity index (χ0n) is 9.09. The number of aromatic nitrogens is 1. The van der Waals surface area contributed by atoms with E-state index in [0.29, 0.717) is 23.7 Å². The van der Waals surface area contributed by atoms with E-state index < -0.39 is 5.56 Å². The molecule has 0 unspecified atom stereocenters. The van der Waals surface area contributed by atoms with Crippen molar-refractivity contribution >= 4 is 17.2 Å². The van der Waals surface area contributed by atoms with Crippen LogP contribution in [-0.2, 0) is 6.54 Å². The quantitative estimate of drug-likeness (QED) is 0.643. The summed E-state index contributed by atoms with van der Waals surface area (Å²) in [5, 5.41) is 10.3. The van der Waals surface area contributed by atoms with Gasteiger partial charge in [-0.3, -0.25) is 9.59 Å². The molecule has 0 aliphatic rings. The highest BCUT2D eigenvalue weighted by Gasteiger charge is 2.14. The Morgan fingerprint density at radius 2 is 2.06 bits per heavy atom. The van der Waals surface area contributed by atoms with Crippen LogP contribution in [-0.4, -0.2) is 16.0 Å². The molecule has 1 aromatic heterocycles. The van der Waals surface area contributed by atoms with E-state index in [-0.39, 0.29) is 11.3 Å². The number of carbonyl (C=O) groups is 1. The van der Waals surface area contributed by atoms with Gasteiger partial charge in [0.15, 0.2) is 6.29 Å². The Hall–Kier alpha value is -2.36. The summed E-state index contributed by atoms with van der Waals surface area (Å²) in [5.41, 5.74) is -0.137. The summed E-state index contributed by atoms with van der Waals surface area (Å²) in [6.07, 6.45) is 1.95. The van der Waals surface area contributed by atoms with Crippen molar-refractivity contribution in [1.82, 2.24) is 4.57 Å². The number of allylic oxidation sites excluding steroid dienone is 1. The third-order valence-corrected chi connectivity index (χ3v) is 2.61. The fourth-order valence-electron chi connectivity index (χ4n) is 1.83. The maximum atomic E-state index is 11.9. The van der Waals surface area contributed by atoms with Gasteiger partial charge in [0, 0.05) is 11.9 Å². The molecule has 0 bridgehead atoms. The fourth-order valence-corrected chi connectivity index (χ4v) is 1.83. The van der Waals surface area contributed by atoms with Gasteiger partial charge >= 0.3 is 0 Å². The molecular weight excluding hydrogens is 218 g/mol. The van der Waals surface area contributed by atoms with Crippen molar-refractivity contribution in [2.24, 2.45) is 0 Å². The van der Waals surface area contributed by atoms with Gasteiger partial charge in [-0.05, 0) is 12.1 Å². The van der Waals surface area contributed by atoms with Crippen molar-refractivity contribution in [1.29, 1.82) is 0 Å². The zero-order valence-corrected chi connectivity index (χ0v) is 9.09. The maximum absolute atomic E-state index is 11.9. The minimum absolute atomic E-state index is 0.217. The molecule has 0 amide bonds. The molecule has 0 atom stereocenters. The Labute approximate surface area is 97.4 Å². The van der Waals surface area contributed by atoms with Crippen LogP contribution < -0.4 is 5.56 Å². The van der Waals surface area contributed by atoms with E-state index in [2.05, 4.69) is 6.58 Å². The van der Waals surface area contributed by atoms with Crippen LogP contribution in [0.2, 0.25) is 0 Å². The van der Waals surface area contributed by atoms with E-state index in [1.165, 1.54) is 4.57 Å². The summed E-state index contributed by atoms with van der Waals surface area (Å²) in [5.74, 6) is -0.263. The normalized spacial score (nSPS) is 10.4. The number of hydrogen-bond acceptors (Lipinski definition) is 3. The van der Waals surface area contributed by atoms with Crippen molar-refractivity contribution < 1.29 is 9.90 Å². The summed E-state index contributed by atoms with van der Waals surface area (Å²) < 4.78 is 1.41. The van der Waals surface area contributed by atoms with Crippen LogP contribution >= 0.6 is 0 Å². The lowest BCUT2D eigenvalue weighted by atomic mass is 10.1. The summed E-state index contributed by atoms with van der Waals surface area (Å²) in [6.45, 7) is 3.86. The summed E-state index contributed by atoms with van der Waals surface area (Å²) in [4.78, 5) is 22.8. The molecule has 0 spiro atoms. The number of para-hydroxylation sites is 1. The third kappa shape index (κ3) is 1.63. The minimum Gasteiger partial charge on any atom is -0.506 e. The Morgan fingerprint density at radius 3 is 2.71 bits per heavy atom. The largest absolute Gasteiger partial charge is 0.506 e. The summed E-state index contributed by atoms with van der Waals surface area (Å²) >= 11 is 0. The van der Waals surface area contributed by atoms with Gasteiger partial charge < -0.3 is 9.67 Å². The molecular formula is C13H11NO3. The van der Waals surface area contributed by atoms with E-state index in [0.717, 1.165) is 0 Å². The molecule has 4 heteroatoms. The standard InChI is InChI=1S/C13H11NO3/c1-2-7-14-11-6-4-3-5-9(11)12(16)10(8-15)13(14)17/h2-6,8,16H,1,7H2. The monoisotopic (exact) mass is 229 g/mol. The second-order valence-electron chi connectivity index (χ2n) is 3.60. The second-order valence-corrected chi connectivity index (χ2v) is 3.60. The lowest BCUT2D eigenvalue weighted by Crippen LogP contribution is -2.23. The smallest absolute Gasteiger partial charge is 0.265 e. The van der Waals surface area contributed by atoms with Crippen molar-refractivity contribution in [2.45, 2.75) is 6.54 Å². The van der Waals surface area contributed by atoms with E-state index in [1.54, 1.807) is 30.3 Å².